The van der Waals surface area contributed by atoms with Gasteiger partial charge in [0.1, 0.15) is 11.3 Å². The van der Waals surface area contributed by atoms with Crippen molar-refractivity contribution in [3.63, 3.8) is 0 Å². The molecule has 1 amide bonds. The number of rotatable bonds is 3. The van der Waals surface area contributed by atoms with Crippen molar-refractivity contribution in [2.45, 2.75) is 19.8 Å². The summed E-state index contributed by atoms with van der Waals surface area (Å²) in [5.74, 6) is 0.424. The minimum absolute atomic E-state index is 0.0596. The molecule has 5 heteroatoms. The molecule has 26 heavy (non-hydrogen) atoms. The first kappa shape index (κ1) is 16.4. The van der Waals surface area contributed by atoms with E-state index in [0.717, 1.165) is 29.5 Å². The second-order valence-electron chi connectivity index (χ2n) is 6.47. The highest BCUT2D eigenvalue weighted by Gasteiger charge is 2.22. The van der Waals surface area contributed by atoms with Crippen molar-refractivity contribution in [3.8, 4) is 5.75 Å². The van der Waals surface area contributed by atoms with Gasteiger partial charge in [-0.1, -0.05) is 18.2 Å². The van der Waals surface area contributed by atoms with E-state index in [9.17, 15) is 9.59 Å². The Morgan fingerprint density at radius 2 is 2.04 bits per heavy atom. The number of amides is 1. The highest BCUT2D eigenvalue weighted by molar-refractivity contribution is 5.95. The number of carbonyl (C=O) groups excluding carboxylic acids is 1. The smallest absolute Gasteiger partial charge is 0.336 e. The van der Waals surface area contributed by atoms with Crippen LogP contribution < -0.4 is 15.3 Å². The maximum absolute atomic E-state index is 12.6. The second kappa shape index (κ2) is 6.67. The van der Waals surface area contributed by atoms with Crippen molar-refractivity contribution >= 4 is 22.6 Å². The van der Waals surface area contributed by atoms with Crippen LogP contribution in [-0.4, -0.2) is 19.1 Å². The maximum Gasteiger partial charge on any atom is 0.336 e. The molecule has 2 aromatic carbocycles. The largest absolute Gasteiger partial charge is 0.484 e. The van der Waals surface area contributed by atoms with Crippen molar-refractivity contribution < 1.29 is 13.9 Å². The predicted octanol–water partition coefficient (Wildman–Crippen LogP) is 3.46. The van der Waals surface area contributed by atoms with E-state index >= 15 is 0 Å². The molecular formula is C21H19NO4. The number of fused-ring (bicyclic) bond motifs is 2. The quantitative estimate of drug-likeness (QED) is 0.680. The molecule has 1 aliphatic rings. The van der Waals surface area contributed by atoms with Crippen LogP contribution in [0.2, 0.25) is 0 Å². The van der Waals surface area contributed by atoms with Gasteiger partial charge in [0.25, 0.3) is 5.91 Å². The summed E-state index contributed by atoms with van der Waals surface area (Å²) in [6.45, 7) is 2.50. The summed E-state index contributed by atoms with van der Waals surface area (Å²) in [4.78, 5) is 26.0. The molecule has 0 radical (unpaired) electrons. The molecule has 4 rings (SSSR count). The minimum Gasteiger partial charge on any atom is -0.484 e. The molecule has 0 spiro atoms. The first-order valence-electron chi connectivity index (χ1n) is 8.67. The highest BCUT2D eigenvalue weighted by atomic mass is 16.5. The Morgan fingerprint density at radius 3 is 2.92 bits per heavy atom. The molecule has 1 aromatic heterocycles. The zero-order valence-corrected chi connectivity index (χ0v) is 14.5. The molecule has 0 saturated carbocycles. The molecule has 2 heterocycles. The van der Waals surface area contributed by atoms with Gasteiger partial charge in [-0.25, -0.2) is 4.79 Å². The number of hydrogen-bond acceptors (Lipinski definition) is 4. The number of anilines is 1. The average Bonchev–Trinajstić information content (AvgIpc) is 2.65. The highest BCUT2D eigenvalue weighted by Crippen LogP contribution is 2.27. The summed E-state index contributed by atoms with van der Waals surface area (Å²) < 4.78 is 10.9. The summed E-state index contributed by atoms with van der Waals surface area (Å²) in [6, 6.07) is 14.7. The van der Waals surface area contributed by atoms with E-state index in [0.29, 0.717) is 17.9 Å². The Bertz CT molecular complexity index is 1040. The first-order valence-corrected chi connectivity index (χ1v) is 8.67. The van der Waals surface area contributed by atoms with E-state index in [1.807, 2.05) is 31.2 Å². The van der Waals surface area contributed by atoms with Gasteiger partial charge in [-0.15, -0.1) is 0 Å². The third-order valence-electron chi connectivity index (χ3n) is 4.70. The van der Waals surface area contributed by atoms with E-state index < -0.39 is 5.63 Å². The average molecular weight is 349 g/mol. The number of benzene rings is 2. The standard InChI is InChI=1S/C21H19NO4/c1-14-11-21(24)26-19-12-16(8-9-17(14)19)25-13-20(23)22-10-4-6-15-5-2-3-7-18(15)22/h2-3,5,7-9,11-12H,4,6,10,13H2,1H3. The van der Waals surface area contributed by atoms with Crippen molar-refractivity contribution in [1.82, 2.24) is 0 Å². The SMILES string of the molecule is Cc1cc(=O)oc2cc(OCC(=O)N3CCCc4ccccc43)ccc12. The van der Waals surface area contributed by atoms with Crippen LogP contribution in [0.3, 0.4) is 0 Å². The Balaban J connectivity index is 1.52. The van der Waals surface area contributed by atoms with Gasteiger partial charge in [-0.2, -0.15) is 0 Å². The predicted molar refractivity (Wildman–Crippen MR) is 99.8 cm³/mol. The van der Waals surface area contributed by atoms with Gasteiger partial charge >= 0.3 is 5.63 Å². The van der Waals surface area contributed by atoms with Crippen LogP contribution in [0.25, 0.3) is 11.0 Å². The zero-order valence-electron chi connectivity index (χ0n) is 14.5. The number of ether oxygens (including phenoxy) is 1. The molecule has 0 bridgehead atoms. The van der Waals surface area contributed by atoms with Crippen LogP contribution in [-0.2, 0) is 11.2 Å². The van der Waals surface area contributed by atoms with E-state index in [-0.39, 0.29) is 12.5 Å². The summed E-state index contributed by atoms with van der Waals surface area (Å²) in [6.07, 6.45) is 1.94. The monoisotopic (exact) mass is 349 g/mol. The minimum atomic E-state index is -0.395. The second-order valence-corrected chi connectivity index (χ2v) is 6.47. The Hall–Kier alpha value is -3.08. The fourth-order valence-corrected chi connectivity index (χ4v) is 3.41. The van der Waals surface area contributed by atoms with E-state index in [1.165, 1.54) is 11.6 Å². The van der Waals surface area contributed by atoms with Gasteiger partial charge < -0.3 is 14.1 Å². The Labute approximate surface area is 150 Å². The van der Waals surface area contributed by atoms with Gasteiger partial charge in [-0.3, -0.25) is 4.79 Å². The van der Waals surface area contributed by atoms with Gasteiger partial charge in [0.2, 0.25) is 0 Å². The number of carbonyl (C=O) groups is 1. The lowest BCUT2D eigenvalue weighted by Crippen LogP contribution is -2.38. The van der Waals surface area contributed by atoms with Crippen LogP contribution in [0.15, 0.2) is 57.7 Å². The van der Waals surface area contributed by atoms with Crippen molar-refractivity contribution in [2.75, 3.05) is 18.1 Å². The number of hydrogen-bond donors (Lipinski definition) is 0. The zero-order chi connectivity index (χ0) is 18.1. The fourth-order valence-electron chi connectivity index (χ4n) is 3.41. The van der Waals surface area contributed by atoms with Gasteiger partial charge in [0, 0.05) is 29.8 Å². The van der Waals surface area contributed by atoms with Crippen LogP contribution >= 0.6 is 0 Å². The third-order valence-corrected chi connectivity index (χ3v) is 4.70. The summed E-state index contributed by atoms with van der Waals surface area (Å²) in [5.41, 5.74) is 3.07. The lowest BCUT2D eigenvalue weighted by molar-refractivity contribution is -0.120. The molecule has 0 unspecified atom stereocenters. The molecule has 3 aromatic rings. The van der Waals surface area contributed by atoms with E-state index in [1.54, 1.807) is 17.0 Å². The lowest BCUT2D eigenvalue weighted by atomic mass is 10.0. The van der Waals surface area contributed by atoms with Crippen LogP contribution in [0.4, 0.5) is 5.69 Å². The van der Waals surface area contributed by atoms with Gasteiger partial charge in [0.15, 0.2) is 6.61 Å². The molecule has 0 fully saturated rings. The van der Waals surface area contributed by atoms with Gasteiger partial charge in [-0.05, 0) is 49.1 Å². The van der Waals surface area contributed by atoms with Crippen molar-refractivity contribution in [3.05, 3.63) is 70.1 Å². The Morgan fingerprint density at radius 1 is 1.19 bits per heavy atom. The van der Waals surface area contributed by atoms with Gasteiger partial charge in [0.05, 0.1) is 0 Å². The molecule has 0 atom stereocenters. The maximum atomic E-state index is 12.6. The first-order chi connectivity index (χ1) is 12.6. The van der Waals surface area contributed by atoms with Crippen LogP contribution in [0.5, 0.6) is 5.75 Å². The molecule has 0 N–H and O–H groups in total. The Kier molecular flexibility index (Phi) is 4.21. The molecule has 5 nitrogen and oxygen atoms in total. The molecule has 132 valence electrons. The third kappa shape index (κ3) is 3.08. The number of aryl methyl sites for hydroxylation is 2. The number of nitrogens with zero attached hydrogens (tertiary/aromatic N) is 1. The number of para-hydroxylation sites is 1. The molecular weight excluding hydrogens is 330 g/mol. The topological polar surface area (TPSA) is 59.8 Å². The molecule has 1 aliphatic heterocycles. The van der Waals surface area contributed by atoms with Crippen molar-refractivity contribution in [1.29, 1.82) is 0 Å². The summed E-state index contributed by atoms with van der Waals surface area (Å²) in [7, 11) is 0. The molecule has 0 aliphatic carbocycles. The molecule has 0 saturated heterocycles. The van der Waals surface area contributed by atoms with E-state index in [4.69, 9.17) is 9.15 Å². The van der Waals surface area contributed by atoms with Crippen molar-refractivity contribution in [2.24, 2.45) is 0 Å². The normalized spacial score (nSPS) is 13.5. The van der Waals surface area contributed by atoms with Crippen LogP contribution in [0, 0.1) is 6.92 Å². The lowest BCUT2D eigenvalue weighted by Gasteiger charge is -2.29. The van der Waals surface area contributed by atoms with Crippen LogP contribution in [0.1, 0.15) is 17.5 Å². The fraction of sp³-hybridized carbons (Fsp3) is 0.238. The summed E-state index contributed by atoms with van der Waals surface area (Å²) in [5, 5.41) is 0.855. The summed E-state index contributed by atoms with van der Waals surface area (Å²) >= 11 is 0. The van der Waals surface area contributed by atoms with E-state index in [2.05, 4.69) is 6.07 Å².